The molecule has 1 saturated carbocycles. The van der Waals surface area contributed by atoms with E-state index in [1.807, 2.05) is 0 Å². The second-order valence-electron chi connectivity index (χ2n) is 5.80. The average molecular weight is 255 g/mol. The van der Waals surface area contributed by atoms with Gasteiger partial charge in [0.25, 0.3) is 0 Å². The molecule has 2 fully saturated rings. The summed E-state index contributed by atoms with van der Waals surface area (Å²) in [4.78, 5) is 0. The molecule has 3 heteroatoms. The predicted octanol–water partition coefficient (Wildman–Crippen LogP) is 3.09. The van der Waals surface area contributed by atoms with E-state index in [1.165, 1.54) is 44.9 Å². The number of ether oxygens (including phenoxy) is 2. The van der Waals surface area contributed by atoms with E-state index in [0.717, 1.165) is 32.1 Å². The molecule has 2 aliphatic rings. The van der Waals surface area contributed by atoms with Crippen molar-refractivity contribution in [3.63, 3.8) is 0 Å². The maximum Gasteiger partial charge on any atom is 0.159 e. The van der Waals surface area contributed by atoms with Crippen molar-refractivity contribution in [1.29, 1.82) is 0 Å². The summed E-state index contributed by atoms with van der Waals surface area (Å²) in [6.07, 6.45) is 10.7. The summed E-state index contributed by atoms with van der Waals surface area (Å²) in [5.41, 5.74) is 0. The summed E-state index contributed by atoms with van der Waals surface area (Å²) < 4.78 is 11.2. The molecule has 2 rings (SSSR count). The molecule has 1 heterocycles. The van der Waals surface area contributed by atoms with Gasteiger partial charge in [0.05, 0.1) is 13.2 Å². The summed E-state index contributed by atoms with van der Waals surface area (Å²) in [7, 11) is 0. The van der Waals surface area contributed by atoms with Crippen molar-refractivity contribution in [2.75, 3.05) is 19.8 Å². The average Bonchev–Trinajstić information content (AvgIpc) is 2.90. The largest absolute Gasteiger partial charge is 0.350 e. The molecule has 3 nitrogen and oxygen atoms in total. The van der Waals surface area contributed by atoms with Crippen LogP contribution in [-0.2, 0) is 9.47 Å². The Morgan fingerprint density at radius 1 is 1.06 bits per heavy atom. The van der Waals surface area contributed by atoms with Crippen molar-refractivity contribution in [3.05, 3.63) is 0 Å². The zero-order valence-corrected chi connectivity index (χ0v) is 11.8. The molecule has 0 radical (unpaired) electrons. The third-order valence-electron chi connectivity index (χ3n) is 4.19. The van der Waals surface area contributed by atoms with Gasteiger partial charge in [-0.2, -0.15) is 0 Å². The Morgan fingerprint density at radius 3 is 2.44 bits per heavy atom. The van der Waals surface area contributed by atoms with E-state index in [-0.39, 0.29) is 6.29 Å². The molecule has 1 unspecified atom stereocenters. The summed E-state index contributed by atoms with van der Waals surface area (Å²) in [6, 6.07) is 0.580. The van der Waals surface area contributed by atoms with Gasteiger partial charge in [-0.1, -0.05) is 39.0 Å². The highest BCUT2D eigenvalue weighted by molar-refractivity contribution is 4.76. The van der Waals surface area contributed by atoms with Crippen LogP contribution in [0.2, 0.25) is 0 Å². The van der Waals surface area contributed by atoms with Gasteiger partial charge >= 0.3 is 0 Å². The molecule has 1 N–H and O–H groups in total. The SMILES string of the molecule is CCCNC(CC1CCCCC1)CC1OCCO1. The molecule has 106 valence electrons. The molecule has 0 aromatic rings. The van der Waals surface area contributed by atoms with E-state index in [0.29, 0.717) is 6.04 Å². The van der Waals surface area contributed by atoms with Gasteiger partial charge < -0.3 is 14.8 Å². The summed E-state index contributed by atoms with van der Waals surface area (Å²) >= 11 is 0. The van der Waals surface area contributed by atoms with Gasteiger partial charge in [-0.05, 0) is 25.3 Å². The monoisotopic (exact) mass is 255 g/mol. The lowest BCUT2D eigenvalue weighted by Crippen LogP contribution is -2.35. The zero-order chi connectivity index (χ0) is 12.6. The van der Waals surface area contributed by atoms with Crippen LogP contribution < -0.4 is 5.32 Å². The topological polar surface area (TPSA) is 30.5 Å². The van der Waals surface area contributed by atoms with Crippen LogP contribution in [0.5, 0.6) is 0 Å². The van der Waals surface area contributed by atoms with Crippen LogP contribution in [0.3, 0.4) is 0 Å². The Labute approximate surface area is 112 Å². The van der Waals surface area contributed by atoms with Crippen LogP contribution in [0.4, 0.5) is 0 Å². The minimum Gasteiger partial charge on any atom is -0.350 e. The van der Waals surface area contributed by atoms with Crippen molar-refractivity contribution in [1.82, 2.24) is 5.32 Å². The fraction of sp³-hybridized carbons (Fsp3) is 1.00. The fourth-order valence-electron chi connectivity index (χ4n) is 3.21. The molecule has 0 aromatic heterocycles. The third kappa shape index (κ3) is 4.87. The summed E-state index contributed by atoms with van der Waals surface area (Å²) in [6.45, 7) is 4.89. The number of hydrogen-bond acceptors (Lipinski definition) is 3. The van der Waals surface area contributed by atoms with E-state index < -0.39 is 0 Å². The highest BCUT2D eigenvalue weighted by Crippen LogP contribution is 2.28. The molecule has 1 aliphatic heterocycles. The minimum absolute atomic E-state index is 0.0444. The van der Waals surface area contributed by atoms with Crippen molar-refractivity contribution >= 4 is 0 Å². The Morgan fingerprint density at radius 2 is 1.78 bits per heavy atom. The molecule has 0 amide bonds. The van der Waals surface area contributed by atoms with Crippen molar-refractivity contribution in [2.24, 2.45) is 5.92 Å². The quantitative estimate of drug-likeness (QED) is 0.758. The fourth-order valence-corrected chi connectivity index (χ4v) is 3.21. The van der Waals surface area contributed by atoms with Gasteiger partial charge in [0.2, 0.25) is 0 Å². The Bertz CT molecular complexity index is 211. The Kier molecular flexibility index (Phi) is 6.46. The molecule has 1 atom stereocenters. The molecule has 0 bridgehead atoms. The van der Waals surface area contributed by atoms with Gasteiger partial charge in [-0.25, -0.2) is 0 Å². The van der Waals surface area contributed by atoms with Crippen molar-refractivity contribution in [3.8, 4) is 0 Å². The first-order valence-corrected chi connectivity index (χ1v) is 7.85. The molecule has 18 heavy (non-hydrogen) atoms. The minimum atomic E-state index is 0.0444. The zero-order valence-electron chi connectivity index (χ0n) is 11.8. The highest BCUT2D eigenvalue weighted by atomic mass is 16.7. The first-order chi connectivity index (χ1) is 8.88. The lowest BCUT2D eigenvalue weighted by atomic mass is 9.84. The Balaban J connectivity index is 1.74. The molecular formula is C15H29NO2. The second-order valence-corrected chi connectivity index (χ2v) is 5.80. The normalized spacial score (nSPS) is 24.5. The lowest BCUT2D eigenvalue weighted by molar-refractivity contribution is -0.0542. The second kappa shape index (κ2) is 8.13. The Hall–Kier alpha value is -0.120. The third-order valence-corrected chi connectivity index (χ3v) is 4.19. The van der Waals surface area contributed by atoms with Gasteiger partial charge in [0, 0.05) is 12.5 Å². The van der Waals surface area contributed by atoms with Crippen molar-refractivity contribution in [2.45, 2.75) is 70.6 Å². The van der Waals surface area contributed by atoms with Crippen LogP contribution in [0.25, 0.3) is 0 Å². The standard InChI is InChI=1S/C15H29NO2/c1-2-8-16-14(12-15-17-9-10-18-15)11-13-6-4-3-5-7-13/h13-16H,2-12H2,1H3. The van der Waals surface area contributed by atoms with Crippen LogP contribution in [0.1, 0.15) is 58.3 Å². The molecule has 0 spiro atoms. The van der Waals surface area contributed by atoms with Gasteiger partial charge in [0.1, 0.15) is 0 Å². The van der Waals surface area contributed by atoms with E-state index >= 15 is 0 Å². The van der Waals surface area contributed by atoms with Gasteiger partial charge in [-0.15, -0.1) is 0 Å². The molecule has 1 aliphatic carbocycles. The van der Waals surface area contributed by atoms with Crippen LogP contribution in [0.15, 0.2) is 0 Å². The molecule has 1 saturated heterocycles. The number of nitrogens with one attached hydrogen (secondary N) is 1. The summed E-state index contributed by atoms with van der Waals surface area (Å²) in [5.74, 6) is 0.925. The van der Waals surface area contributed by atoms with Crippen LogP contribution in [-0.4, -0.2) is 32.1 Å². The maximum absolute atomic E-state index is 5.59. The summed E-state index contributed by atoms with van der Waals surface area (Å²) in [5, 5.41) is 3.68. The first kappa shape index (κ1) is 14.3. The first-order valence-electron chi connectivity index (χ1n) is 7.85. The van der Waals surface area contributed by atoms with E-state index in [4.69, 9.17) is 9.47 Å². The lowest BCUT2D eigenvalue weighted by Gasteiger charge is -2.28. The van der Waals surface area contributed by atoms with Gasteiger partial charge in [-0.3, -0.25) is 0 Å². The predicted molar refractivity (Wildman–Crippen MR) is 73.6 cm³/mol. The number of rotatable bonds is 7. The van der Waals surface area contributed by atoms with Gasteiger partial charge in [0.15, 0.2) is 6.29 Å². The number of hydrogen-bond donors (Lipinski definition) is 1. The van der Waals surface area contributed by atoms with Crippen molar-refractivity contribution < 1.29 is 9.47 Å². The van der Waals surface area contributed by atoms with E-state index in [2.05, 4.69) is 12.2 Å². The smallest absolute Gasteiger partial charge is 0.159 e. The maximum atomic E-state index is 5.59. The highest BCUT2D eigenvalue weighted by Gasteiger charge is 2.24. The van der Waals surface area contributed by atoms with E-state index in [1.54, 1.807) is 0 Å². The van der Waals surface area contributed by atoms with Crippen LogP contribution >= 0.6 is 0 Å². The van der Waals surface area contributed by atoms with E-state index in [9.17, 15) is 0 Å². The molecular weight excluding hydrogens is 226 g/mol. The van der Waals surface area contributed by atoms with Crippen LogP contribution in [0, 0.1) is 5.92 Å². The molecule has 0 aromatic carbocycles.